The fraction of sp³-hybridized carbons (Fsp3) is 0.222. The monoisotopic (exact) mass is 295 g/mol. The van der Waals surface area contributed by atoms with Crippen molar-refractivity contribution < 1.29 is 5.21 Å². The van der Waals surface area contributed by atoms with E-state index in [9.17, 15) is 5.21 Å². The van der Waals surface area contributed by atoms with E-state index in [0.29, 0.717) is 12.1 Å². The smallest absolute Gasteiger partial charge is 0.0888 e. The predicted molar refractivity (Wildman–Crippen MR) is 90.6 cm³/mol. The molecule has 0 aliphatic heterocycles. The third kappa shape index (κ3) is 4.45. The van der Waals surface area contributed by atoms with E-state index >= 15 is 0 Å². The van der Waals surface area contributed by atoms with Crippen LogP contribution < -0.4 is 5.43 Å². The highest BCUT2D eigenvalue weighted by Gasteiger charge is 2.09. The molecule has 4 nitrogen and oxygen atoms in total. The maximum Gasteiger partial charge on any atom is 0.0888 e. The first-order chi connectivity index (χ1) is 10.7. The lowest BCUT2D eigenvalue weighted by Gasteiger charge is -2.13. The number of nitrogens with zero attached hydrogens (tertiary/aromatic N) is 2. The fourth-order valence-electron chi connectivity index (χ4n) is 2.13. The van der Waals surface area contributed by atoms with Crippen LogP contribution in [0.25, 0.3) is 0 Å². The summed E-state index contributed by atoms with van der Waals surface area (Å²) in [6, 6.07) is 19.7. The van der Waals surface area contributed by atoms with Crippen molar-refractivity contribution in [3.63, 3.8) is 0 Å². The Hall–Kier alpha value is -2.62. The van der Waals surface area contributed by atoms with Crippen LogP contribution >= 0.6 is 0 Å². The van der Waals surface area contributed by atoms with E-state index in [-0.39, 0.29) is 6.04 Å². The highest BCUT2D eigenvalue weighted by Crippen LogP contribution is 2.07. The molecule has 0 fully saturated rings. The molecule has 0 aromatic heterocycles. The molecule has 2 aromatic carbocycles. The summed E-state index contributed by atoms with van der Waals surface area (Å²) in [4.78, 5) is 0. The number of hydrazone groups is 1. The molecule has 2 N–H and O–H groups in total. The minimum atomic E-state index is 0.0600. The van der Waals surface area contributed by atoms with Crippen LogP contribution in [-0.4, -0.2) is 22.7 Å². The number of oxime groups is 1. The Balaban J connectivity index is 1.96. The number of hydrogen-bond acceptors (Lipinski definition) is 4. The van der Waals surface area contributed by atoms with Crippen LogP contribution in [0, 0.1) is 0 Å². The van der Waals surface area contributed by atoms with Crippen LogP contribution in [0.2, 0.25) is 0 Å². The first kappa shape index (κ1) is 15.8. The van der Waals surface area contributed by atoms with Gasteiger partial charge in [-0.25, -0.2) is 0 Å². The highest BCUT2D eigenvalue weighted by atomic mass is 16.4. The molecular weight excluding hydrogens is 274 g/mol. The van der Waals surface area contributed by atoms with E-state index in [2.05, 4.69) is 15.7 Å². The van der Waals surface area contributed by atoms with E-state index < -0.39 is 0 Å². The summed E-state index contributed by atoms with van der Waals surface area (Å²) in [5.41, 5.74) is 6.69. The summed E-state index contributed by atoms with van der Waals surface area (Å²) in [6.45, 7) is 3.98. The quantitative estimate of drug-likeness (QED) is 0.485. The van der Waals surface area contributed by atoms with Crippen molar-refractivity contribution in [3.8, 4) is 0 Å². The molecule has 0 bridgehead atoms. The second kappa shape index (κ2) is 7.98. The maximum atomic E-state index is 9.21. The van der Waals surface area contributed by atoms with Crippen molar-refractivity contribution in [2.24, 2.45) is 10.3 Å². The average Bonchev–Trinajstić information content (AvgIpc) is 2.59. The molecule has 114 valence electrons. The van der Waals surface area contributed by atoms with Crippen molar-refractivity contribution in [1.82, 2.24) is 5.43 Å². The van der Waals surface area contributed by atoms with Crippen LogP contribution in [0.15, 0.2) is 70.9 Å². The summed E-state index contributed by atoms with van der Waals surface area (Å²) >= 11 is 0. The van der Waals surface area contributed by atoms with E-state index in [0.717, 1.165) is 16.8 Å². The molecular formula is C18H21N3O. The molecule has 0 aliphatic rings. The Bertz CT molecular complexity index is 636. The molecule has 1 unspecified atom stereocenters. The number of hydrogen-bond donors (Lipinski definition) is 2. The zero-order valence-corrected chi connectivity index (χ0v) is 12.9. The van der Waals surface area contributed by atoms with Crippen molar-refractivity contribution in [3.05, 3.63) is 71.8 Å². The Kier molecular flexibility index (Phi) is 5.72. The van der Waals surface area contributed by atoms with Gasteiger partial charge in [-0.2, -0.15) is 5.10 Å². The van der Waals surface area contributed by atoms with Crippen LogP contribution in [0.4, 0.5) is 0 Å². The van der Waals surface area contributed by atoms with Crippen molar-refractivity contribution in [2.75, 3.05) is 0 Å². The number of rotatable bonds is 6. The van der Waals surface area contributed by atoms with Gasteiger partial charge in [0.15, 0.2) is 0 Å². The molecule has 1 atom stereocenters. The summed E-state index contributed by atoms with van der Waals surface area (Å²) in [5, 5.41) is 17.0. The van der Waals surface area contributed by atoms with Crippen LogP contribution in [0.5, 0.6) is 0 Å². The maximum absolute atomic E-state index is 9.21. The first-order valence-corrected chi connectivity index (χ1v) is 7.32. The van der Waals surface area contributed by atoms with E-state index in [1.54, 1.807) is 0 Å². The predicted octanol–water partition coefficient (Wildman–Crippen LogP) is 3.66. The van der Waals surface area contributed by atoms with Crippen LogP contribution in [-0.2, 0) is 0 Å². The van der Waals surface area contributed by atoms with Gasteiger partial charge in [0.1, 0.15) is 0 Å². The van der Waals surface area contributed by atoms with E-state index in [1.807, 2.05) is 74.5 Å². The average molecular weight is 295 g/mol. The lowest BCUT2D eigenvalue weighted by molar-refractivity contribution is 0.317. The Morgan fingerprint density at radius 1 is 1.00 bits per heavy atom. The largest absolute Gasteiger partial charge is 0.411 e. The van der Waals surface area contributed by atoms with Crippen molar-refractivity contribution in [1.29, 1.82) is 0 Å². The van der Waals surface area contributed by atoms with Gasteiger partial charge in [-0.3, -0.25) is 0 Å². The summed E-state index contributed by atoms with van der Waals surface area (Å²) < 4.78 is 0. The third-order valence-corrected chi connectivity index (χ3v) is 3.37. The second-order valence-electron chi connectivity index (χ2n) is 5.21. The Morgan fingerprint density at radius 3 is 2.09 bits per heavy atom. The van der Waals surface area contributed by atoms with E-state index in [4.69, 9.17) is 0 Å². The zero-order chi connectivity index (χ0) is 15.8. The molecule has 0 amide bonds. The molecule has 0 aliphatic carbocycles. The van der Waals surface area contributed by atoms with Gasteiger partial charge in [-0.05, 0) is 25.0 Å². The minimum Gasteiger partial charge on any atom is -0.411 e. The van der Waals surface area contributed by atoms with Gasteiger partial charge in [-0.15, -0.1) is 0 Å². The minimum absolute atomic E-state index is 0.0600. The van der Waals surface area contributed by atoms with Gasteiger partial charge >= 0.3 is 0 Å². The topological polar surface area (TPSA) is 57.0 Å². The van der Waals surface area contributed by atoms with Crippen LogP contribution in [0.3, 0.4) is 0 Å². The molecule has 0 saturated carbocycles. The lowest BCUT2D eigenvalue weighted by atomic mass is 10.0. The molecule has 0 radical (unpaired) electrons. The molecule has 0 heterocycles. The van der Waals surface area contributed by atoms with Gasteiger partial charge in [0.05, 0.1) is 11.4 Å². The first-order valence-electron chi connectivity index (χ1n) is 7.32. The molecule has 2 aromatic rings. The zero-order valence-electron chi connectivity index (χ0n) is 12.9. The highest BCUT2D eigenvalue weighted by molar-refractivity contribution is 6.00. The third-order valence-electron chi connectivity index (χ3n) is 3.37. The van der Waals surface area contributed by atoms with Gasteiger partial charge in [0.25, 0.3) is 0 Å². The van der Waals surface area contributed by atoms with E-state index in [1.165, 1.54) is 0 Å². The second-order valence-corrected chi connectivity index (χ2v) is 5.21. The molecule has 2 rings (SSSR count). The number of nitrogens with one attached hydrogen (secondary N) is 1. The summed E-state index contributed by atoms with van der Waals surface area (Å²) in [5.74, 6) is 0. The molecule has 4 heteroatoms. The summed E-state index contributed by atoms with van der Waals surface area (Å²) in [6.07, 6.45) is 0.589. The Morgan fingerprint density at radius 2 is 1.55 bits per heavy atom. The van der Waals surface area contributed by atoms with Gasteiger partial charge < -0.3 is 10.6 Å². The van der Waals surface area contributed by atoms with Crippen molar-refractivity contribution >= 4 is 11.4 Å². The summed E-state index contributed by atoms with van der Waals surface area (Å²) in [7, 11) is 0. The standard InChI is InChI=1S/C18H21N3O/c1-14(13-18(21-22)17-11-7-4-8-12-17)19-20-15(2)16-9-5-3-6-10-16/h3-12,14,19,22H,13H2,1-2H3/b20-15-,21-18+. The Labute approximate surface area is 131 Å². The van der Waals surface area contributed by atoms with Gasteiger partial charge in [0, 0.05) is 12.5 Å². The van der Waals surface area contributed by atoms with Gasteiger partial charge in [-0.1, -0.05) is 65.8 Å². The normalized spacial score (nSPS) is 13.7. The fourth-order valence-corrected chi connectivity index (χ4v) is 2.13. The lowest BCUT2D eigenvalue weighted by Crippen LogP contribution is -2.25. The molecule has 0 spiro atoms. The molecule has 22 heavy (non-hydrogen) atoms. The van der Waals surface area contributed by atoms with Crippen molar-refractivity contribution in [2.45, 2.75) is 26.3 Å². The number of benzene rings is 2. The van der Waals surface area contributed by atoms with Gasteiger partial charge in [0.2, 0.25) is 0 Å². The van der Waals surface area contributed by atoms with Crippen LogP contribution in [0.1, 0.15) is 31.4 Å². The SMILES string of the molecule is C/C(=N/NC(C)C/C(=N\O)c1ccccc1)c1ccccc1. The molecule has 0 saturated heterocycles.